The van der Waals surface area contributed by atoms with Crippen LogP contribution in [0, 0.1) is 0 Å². The van der Waals surface area contributed by atoms with E-state index in [-0.39, 0.29) is 6.09 Å². The lowest BCUT2D eigenvalue weighted by atomic mass is 10.1. The number of hydrogen-bond donors (Lipinski definition) is 0. The van der Waals surface area contributed by atoms with Crippen molar-refractivity contribution in [3.63, 3.8) is 0 Å². The van der Waals surface area contributed by atoms with Gasteiger partial charge >= 0.3 is 6.09 Å². The van der Waals surface area contributed by atoms with E-state index in [0.29, 0.717) is 19.7 Å². The third-order valence-corrected chi connectivity index (χ3v) is 4.95. The number of pyridine rings is 1. The minimum atomic E-state index is -0.211. The van der Waals surface area contributed by atoms with Crippen LogP contribution in [0.5, 0.6) is 0 Å². The summed E-state index contributed by atoms with van der Waals surface area (Å²) in [5.74, 6) is 0. The largest absolute Gasteiger partial charge is 0.450 e. The summed E-state index contributed by atoms with van der Waals surface area (Å²) in [6.45, 7) is 6.09. The number of imidazole rings is 1. The van der Waals surface area contributed by atoms with E-state index in [1.165, 1.54) is 5.69 Å². The van der Waals surface area contributed by atoms with E-state index < -0.39 is 0 Å². The number of fused-ring (bicyclic) bond motifs is 1. The predicted molar refractivity (Wildman–Crippen MR) is 105 cm³/mol. The molecule has 6 heteroatoms. The van der Waals surface area contributed by atoms with Crippen LogP contribution in [0.2, 0.25) is 0 Å². The molecule has 1 aliphatic heterocycles. The third-order valence-electron chi connectivity index (χ3n) is 4.95. The molecule has 1 fully saturated rings. The van der Waals surface area contributed by atoms with Crippen molar-refractivity contribution in [3.05, 3.63) is 60.4 Å². The van der Waals surface area contributed by atoms with Crippen molar-refractivity contribution in [2.75, 3.05) is 32.8 Å². The number of ether oxygens (including phenoxy) is 1. The van der Waals surface area contributed by atoms with Gasteiger partial charge in [-0.2, -0.15) is 0 Å². The van der Waals surface area contributed by atoms with Crippen LogP contribution in [-0.2, 0) is 11.3 Å². The van der Waals surface area contributed by atoms with Crippen molar-refractivity contribution in [2.24, 2.45) is 0 Å². The highest BCUT2D eigenvalue weighted by Crippen LogP contribution is 2.26. The molecule has 0 radical (unpaired) electrons. The molecule has 1 aliphatic rings. The summed E-state index contributed by atoms with van der Waals surface area (Å²) in [6, 6.07) is 16.4. The van der Waals surface area contributed by atoms with Gasteiger partial charge in [-0.05, 0) is 19.1 Å². The number of hydrogen-bond acceptors (Lipinski definition) is 4. The molecule has 0 bridgehead atoms. The van der Waals surface area contributed by atoms with Crippen molar-refractivity contribution < 1.29 is 9.53 Å². The van der Waals surface area contributed by atoms with Crippen LogP contribution >= 0.6 is 0 Å². The van der Waals surface area contributed by atoms with Gasteiger partial charge in [0, 0.05) is 44.5 Å². The number of carbonyl (C=O) groups is 1. The zero-order chi connectivity index (χ0) is 18.6. The van der Waals surface area contributed by atoms with Crippen molar-refractivity contribution in [3.8, 4) is 11.3 Å². The second-order valence-corrected chi connectivity index (χ2v) is 6.66. The molecule has 0 spiro atoms. The molecule has 0 atom stereocenters. The minimum absolute atomic E-state index is 0.211. The summed E-state index contributed by atoms with van der Waals surface area (Å²) in [5, 5.41) is 0. The van der Waals surface area contributed by atoms with Gasteiger partial charge in [0.1, 0.15) is 5.65 Å². The summed E-state index contributed by atoms with van der Waals surface area (Å²) >= 11 is 0. The second kappa shape index (κ2) is 7.80. The van der Waals surface area contributed by atoms with Gasteiger partial charge in [0.05, 0.1) is 18.0 Å². The van der Waals surface area contributed by atoms with Gasteiger partial charge in [0.15, 0.2) is 0 Å². The molecule has 0 saturated carbocycles. The monoisotopic (exact) mass is 364 g/mol. The molecule has 1 aromatic carbocycles. The quantitative estimate of drug-likeness (QED) is 0.713. The van der Waals surface area contributed by atoms with Crippen molar-refractivity contribution in [1.82, 2.24) is 19.2 Å². The van der Waals surface area contributed by atoms with E-state index >= 15 is 0 Å². The van der Waals surface area contributed by atoms with Gasteiger partial charge in [0.2, 0.25) is 0 Å². The molecule has 2 aromatic heterocycles. The Bertz CT molecular complexity index is 914. The molecule has 4 rings (SSSR count). The molecular formula is C21H24N4O2. The molecule has 1 saturated heterocycles. The Kier molecular flexibility index (Phi) is 5.07. The summed E-state index contributed by atoms with van der Waals surface area (Å²) < 4.78 is 7.28. The minimum Gasteiger partial charge on any atom is -0.450 e. The maximum Gasteiger partial charge on any atom is 0.409 e. The molecule has 3 aromatic rings. The Labute approximate surface area is 159 Å². The van der Waals surface area contributed by atoms with Crippen molar-refractivity contribution in [2.45, 2.75) is 13.5 Å². The molecule has 0 aliphatic carbocycles. The number of nitrogens with zero attached hydrogens (tertiary/aromatic N) is 4. The lowest BCUT2D eigenvalue weighted by Crippen LogP contribution is -2.48. The summed E-state index contributed by atoms with van der Waals surface area (Å²) in [7, 11) is 0. The Morgan fingerprint density at radius 3 is 2.52 bits per heavy atom. The van der Waals surface area contributed by atoms with Crippen LogP contribution in [-0.4, -0.2) is 58.1 Å². The normalized spacial score (nSPS) is 15.2. The van der Waals surface area contributed by atoms with Crippen LogP contribution in [0.4, 0.5) is 4.79 Å². The molecule has 0 unspecified atom stereocenters. The first-order valence-electron chi connectivity index (χ1n) is 9.41. The fourth-order valence-electron chi connectivity index (χ4n) is 3.54. The van der Waals surface area contributed by atoms with Crippen LogP contribution < -0.4 is 0 Å². The highest BCUT2D eigenvalue weighted by Gasteiger charge is 2.24. The summed E-state index contributed by atoms with van der Waals surface area (Å²) in [4.78, 5) is 20.9. The van der Waals surface area contributed by atoms with Gasteiger partial charge in [0.25, 0.3) is 0 Å². The average Bonchev–Trinajstić information content (AvgIpc) is 3.08. The summed E-state index contributed by atoms with van der Waals surface area (Å²) in [6.07, 6.45) is 1.86. The Morgan fingerprint density at radius 1 is 1.04 bits per heavy atom. The zero-order valence-electron chi connectivity index (χ0n) is 15.5. The number of rotatable bonds is 4. The predicted octanol–water partition coefficient (Wildman–Crippen LogP) is 3.28. The molecule has 3 heterocycles. The molecule has 1 amide bonds. The number of aromatic nitrogens is 2. The highest BCUT2D eigenvalue weighted by atomic mass is 16.6. The van der Waals surface area contributed by atoms with E-state index in [1.54, 1.807) is 4.90 Å². The van der Waals surface area contributed by atoms with E-state index in [1.807, 2.05) is 43.3 Å². The topological polar surface area (TPSA) is 50.1 Å². The Hall–Kier alpha value is -2.86. The van der Waals surface area contributed by atoms with Gasteiger partial charge in [-0.3, -0.25) is 4.90 Å². The van der Waals surface area contributed by atoms with E-state index in [4.69, 9.17) is 9.72 Å². The number of benzene rings is 1. The van der Waals surface area contributed by atoms with Gasteiger partial charge in [-0.25, -0.2) is 9.78 Å². The molecular weight excluding hydrogens is 340 g/mol. The average molecular weight is 364 g/mol. The van der Waals surface area contributed by atoms with Crippen LogP contribution in [0.1, 0.15) is 12.6 Å². The van der Waals surface area contributed by atoms with Crippen molar-refractivity contribution >= 4 is 11.7 Å². The number of piperazine rings is 1. The molecule has 6 nitrogen and oxygen atoms in total. The lowest BCUT2D eigenvalue weighted by molar-refractivity contribution is 0.0775. The molecule has 0 N–H and O–H groups in total. The number of carbonyl (C=O) groups excluding carboxylic acids is 1. The Balaban J connectivity index is 1.56. The summed E-state index contributed by atoms with van der Waals surface area (Å²) in [5.41, 5.74) is 4.29. The first-order valence-corrected chi connectivity index (χ1v) is 9.41. The first-order chi connectivity index (χ1) is 13.3. The maximum atomic E-state index is 11.9. The van der Waals surface area contributed by atoms with Crippen LogP contribution in [0.25, 0.3) is 16.9 Å². The molecule has 27 heavy (non-hydrogen) atoms. The van der Waals surface area contributed by atoms with Gasteiger partial charge < -0.3 is 14.0 Å². The van der Waals surface area contributed by atoms with E-state index in [0.717, 1.165) is 36.5 Å². The van der Waals surface area contributed by atoms with Gasteiger partial charge in [-0.1, -0.05) is 36.4 Å². The number of amides is 1. The fourth-order valence-corrected chi connectivity index (χ4v) is 3.54. The van der Waals surface area contributed by atoms with E-state index in [9.17, 15) is 4.79 Å². The SMILES string of the molecule is CCOC(=O)N1CCN(Cc2c(-c3ccccc3)nc3ccccn23)CC1. The zero-order valence-corrected chi connectivity index (χ0v) is 15.5. The van der Waals surface area contributed by atoms with E-state index in [2.05, 4.69) is 27.6 Å². The first kappa shape index (κ1) is 17.5. The van der Waals surface area contributed by atoms with Crippen molar-refractivity contribution in [1.29, 1.82) is 0 Å². The third kappa shape index (κ3) is 3.66. The standard InChI is InChI=1S/C21H24N4O2/c1-2-27-21(26)24-14-12-23(13-15-24)16-18-20(17-8-4-3-5-9-17)22-19-10-6-7-11-25(18)19/h3-11H,2,12-16H2,1H3. The molecule has 140 valence electrons. The van der Waals surface area contributed by atoms with Crippen LogP contribution in [0.15, 0.2) is 54.7 Å². The Morgan fingerprint density at radius 2 is 1.78 bits per heavy atom. The smallest absolute Gasteiger partial charge is 0.409 e. The highest BCUT2D eigenvalue weighted by molar-refractivity contribution is 5.68. The van der Waals surface area contributed by atoms with Crippen LogP contribution in [0.3, 0.4) is 0 Å². The lowest BCUT2D eigenvalue weighted by Gasteiger charge is -2.34. The second-order valence-electron chi connectivity index (χ2n) is 6.66. The maximum absolute atomic E-state index is 11.9. The van der Waals surface area contributed by atoms with Gasteiger partial charge in [-0.15, -0.1) is 0 Å². The fraction of sp³-hybridized carbons (Fsp3) is 0.333.